The first kappa shape index (κ1) is 13.7. The molecule has 1 aliphatic rings. The molecule has 0 unspecified atom stereocenters. The Kier molecular flexibility index (Phi) is 3.89. The first-order valence-corrected chi connectivity index (χ1v) is 6.89. The molecule has 7 heteroatoms. The van der Waals surface area contributed by atoms with Crippen LogP contribution in [-0.4, -0.2) is 28.3 Å². The van der Waals surface area contributed by atoms with E-state index in [2.05, 4.69) is 25.4 Å². The maximum atomic E-state index is 13.2. The zero-order valence-corrected chi connectivity index (χ0v) is 11.4. The highest BCUT2D eigenvalue weighted by Crippen LogP contribution is 2.20. The molecule has 0 saturated carbocycles. The Labute approximate surface area is 121 Å². The maximum absolute atomic E-state index is 13.2. The first-order valence-electron chi connectivity index (χ1n) is 6.89. The number of rotatable bonds is 3. The number of piperidine rings is 1. The van der Waals surface area contributed by atoms with E-state index in [-0.39, 0.29) is 5.95 Å². The molecule has 2 heterocycles. The summed E-state index contributed by atoms with van der Waals surface area (Å²) in [4.78, 5) is 6.52. The van der Waals surface area contributed by atoms with Gasteiger partial charge in [-0.1, -0.05) is 0 Å². The second-order valence-electron chi connectivity index (χ2n) is 4.94. The first-order chi connectivity index (χ1) is 10.2. The molecule has 3 rings (SSSR count). The standard InChI is InChI=1S/C14H15F2N5/c15-11-5-4-10(8-12(11)16)18-14-19-13(9-17-20-14)21-6-2-1-3-7-21/h4-5,8-9H,1-3,6-7H2,(H,18,19,20). The second kappa shape index (κ2) is 5.99. The molecule has 1 saturated heterocycles. The molecule has 1 N–H and O–H groups in total. The van der Waals surface area contributed by atoms with Crippen LogP contribution in [0.4, 0.5) is 26.2 Å². The van der Waals surface area contributed by atoms with Crippen molar-refractivity contribution in [1.29, 1.82) is 0 Å². The van der Waals surface area contributed by atoms with Crippen LogP contribution in [0.15, 0.2) is 24.4 Å². The lowest BCUT2D eigenvalue weighted by molar-refractivity contribution is 0.509. The van der Waals surface area contributed by atoms with Gasteiger partial charge in [0.2, 0.25) is 5.95 Å². The summed E-state index contributed by atoms with van der Waals surface area (Å²) in [5.74, 6) is -0.791. The number of anilines is 3. The fourth-order valence-corrected chi connectivity index (χ4v) is 2.33. The van der Waals surface area contributed by atoms with Crippen molar-refractivity contribution in [1.82, 2.24) is 15.2 Å². The molecule has 0 spiro atoms. The van der Waals surface area contributed by atoms with Gasteiger partial charge < -0.3 is 10.2 Å². The topological polar surface area (TPSA) is 53.9 Å². The third-order valence-electron chi connectivity index (χ3n) is 3.40. The van der Waals surface area contributed by atoms with Crippen LogP contribution < -0.4 is 10.2 Å². The number of hydrogen-bond donors (Lipinski definition) is 1. The van der Waals surface area contributed by atoms with Gasteiger partial charge in [0.1, 0.15) is 0 Å². The summed E-state index contributed by atoms with van der Waals surface area (Å²) >= 11 is 0. The van der Waals surface area contributed by atoms with Crippen LogP contribution in [0, 0.1) is 11.6 Å². The molecule has 1 aliphatic heterocycles. The Bertz CT molecular complexity index is 629. The third-order valence-corrected chi connectivity index (χ3v) is 3.40. The Morgan fingerprint density at radius 2 is 1.86 bits per heavy atom. The highest BCUT2D eigenvalue weighted by molar-refractivity contribution is 5.54. The van der Waals surface area contributed by atoms with Gasteiger partial charge in [0, 0.05) is 24.8 Å². The quantitative estimate of drug-likeness (QED) is 0.942. The van der Waals surface area contributed by atoms with Gasteiger partial charge in [0.25, 0.3) is 0 Å². The van der Waals surface area contributed by atoms with E-state index in [1.54, 1.807) is 6.20 Å². The third kappa shape index (κ3) is 3.24. The largest absolute Gasteiger partial charge is 0.355 e. The lowest BCUT2D eigenvalue weighted by atomic mass is 10.1. The van der Waals surface area contributed by atoms with Crippen molar-refractivity contribution in [3.8, 4) is 0 Å². The Morgan fingerprint density at radius 3 is 2.62 bits per heavy atom. The van der Waals surface area contributed by atoms with E-state index in [0.717, 1.165) is 43.9 Å². The molecule has 1 aromatic carbocycles. The lowest BCUT2D eigenvalue weighted by Crippen LogP contribution is -2.30. The van der Waals surface area contributed by atoms with E-state index in [4.69, 9.17) is 0 Å². The summed E-state index contributed by atoms with van der Waals surface area (Å²) in [5, 5.41) is 10.6. The average Bonchev–Trinajstić information content (AvgIpc) is 2.52. The van der Waals surface area contributed by atoms with Gasteiger partial charge in [-0.2, -0.15) is 10.1 Å². The summed E-state index contributed by atoms with van der Waals surface area (Å²) in [6, 6.07) is 3.54. The fourth-order valence-electron chi connectivity index (χ4n) is 2.33. The van der Waals surface area contributed by atoms with E-state index in [9.17, 15) is 8.78 Å². The van der Waals surface area contributed by atoms with Gasteiger partial charge in [-0.15, -0.1) is 5.10 Å². The summed E-state index contributed by atoms with van der Waals surface area (Å²) < 4.78 is 26.1. The Morgan fingerprint density at radius 1 is 1.05 bits per heavy atom. The van der Waals surface area contributed by atoms with E-state index in [1.165, 1.54) is 12.5 Å². The number of benzene rings is 1. The van der Waals surface area contributed by atoms with Crippen LogP contribution in [0.1, 0.15) is 19.3 Å². The van der Waals surface area contributed by atoms with Gasteiger partial charge in [0.05, 0.1) is 6.20 Å². The predicted octanol–water partition coefficient (Wildman–Crippen LogP) is 2.88. The Hall–Kier alpha value is -2.31. The molecule has 110 valence electrons. The fraction of sp³-hybridized carbons (Fsp3) is 0.357. The second-order valence-corrected chi connectivity index (χ2v) is 4.94. The maximum Gasteiger partial charge on any atom is 0.249 e. The summed E-state index contributed by atoms with van der Waals surface area (Å²) in [6.45, 7) is 1.90. The van der Waals surface area contributed by atoms with Gasteiger partial charge in [-0.05, 0) is 31.4 Å². The molecule has 0 radical (unpaired) electrons. The smallest absolute Gasteiger partial charge is 0.249 e. The van der Waals surface area contributed by atoms with Crippen molar-refractivity contribution >= 4 is 17.5 Å². The number of hydrogen-bond acceptors (Lipinski definition) is 5. The van der Waals surface area contributed by atoms with Crippen LogP contribution in [0.5, 0.6) is 0 Å². The molecule has 0 aliphatic carbocycles. The zero-order valence-electron chi connectivity index (χ0n) is 11.4. The van der Waals surface area contributed by atoms with Gasteiger partial charge in [-0.25, -0.2) is 8.78 Å². The molecule has 2 aromatic rings. The van der Waals surface area contributed by atoms with Crippen molar-refractivity contribution in [3.05, 3.63) is 36.0 Å². The lowest BCUT2D eigenvalue weighted by Gasteiger charge is -2.27. The van der Waals surface area contributed by atoms with Crippen molar-refractivity contribution < 1.29 is 8.78 Å². The van der Waals surface area contributed by atoms with Crippen molar-refractivity contribution in [3.63, 3.8) is 0 Å². The molecule has 21 heavy (non-hydrogen) atoms. The van der Waals surface area contributed by atoms with E-state index in [1.807, 2.05) is 0 Å². The normalized spacial score (nSPS) is 15.0. The van der Waals surface area contributed by atoms with Crippen LogP contribution in [0.2, 0.25) is 0 Å². The van der Waals surface area contributed by atoms with Crippen molar-refractivity contribution in [2.45, 2.75) is 19.3 Å². The van der Waals surface area contributed by atoms with Gasteiger partial charge in [0.15, 0.2) is 17.5 Å². The molecular formula is C14H15F2N5. The predicted molar refractivity (Wildman–Crippen MR) is 75.5 cm³/mol. The minimum atomic E-state index is -0.917. The molecule has 1 aromatic heterocycles. The number of aromatic nitrogens is 3. The van der Waals surface area contributed by atoms with Crippen LogP contribution in [-0.2, 0) is 0 Å². The molecule has 0 bridgehead atoms. The summed E-state index contributed by atoms with van der Waals surface area (Å²) in [6.07, 6.45) is 5.11. The van der Waals surface area contributed by atoms with E-state index >= 15 is 0 Å². The zero-order chi connectivity index (χ0) is 14.7. The van der Waals surface area contributed by atoms with Crippen LogP contribution >= 0.6 is 0 Å². The molecule has 0 atom stereocenters. The number of nitrogens with one attached hydrogen (secondary N) is 1. The van der Waals surface area contributed by atoms with Crippen molar-refractivity contribution in [2.24, 2.45) is 0 Å². The van der Waals surface area contributed by atoms with E-state index in [0.29, 0.717) is 5.69 Å². The SMILES string of the molecule is Fc1ccc(Nc2nncc(N3CCCCC3)n2)cc1F. The summed E-state index contributed by atoms with van der Waals surface area (Å²) in [7, 11) is 0. The minimum absolute atomic E-state index is 0.268. The van der Waals surface area contributed by atoms with Crippen molar-refractivity contribution in [2.75, 3.05) is 23.3 Å². The van der Waals surface area contributed by atoms with Gasteiger partial charge >= 0.3 is 0 Å². The van der Waals surface area contributed by atoms with Crippen LogP contribution in [0.3, 0.4) is 0 Å². The minimum Gasteiger partial charge on any atom is -0.355 e. The number of halogens is 2. The molecular weight excluding hydrogens is 276 g/mol. The summed E-state index contributed by atoms with van der Waals surface area (Å²) in [5.41, 5.74) is 0.381. The molecule has 1 fully saturated rings. The average molecular weight is 291 g/mol. The molecule has 5 nitrogen and oxygen atoms in total. The number of nitrogens with zero attached hydrogens (tertiary/aromatic N) is 4. The Balaban J connectivity index is 1.77. The van der Waals surface area contributed by atoms with Gasteiger partial charge in [-0.3, -0.25) is 0 Å². The van der Waals surface area contributed by atoms with Crippen LogP contribution in [0.25, 0.3) is 0 Å². The van der Waals surface area contributed by atoms with E-state index < -0.39 is 11.6 Å². The monoisotopic (exact) mass is 291 g/mol. The highest BCUT2D eigenvalue weighted by atomic mass is 19.2. The highest BCUT2D eigenvalue weighted by Gasteiger charge is 2.13. The molecule has 0 amide bonds.